The Hall–Kier alpha value is -2.52. The van der Waals surface area contributed by atoms with Crippen molar-refractivity contribution in [3.63, 3.8) is 0 Å². The molecule has 0 aliphatic carbocycles. The Labute approximate surface area is 145 Å². The summed E-state index contributed by atoms with van der Waals surface area (Å²) >= 11 is 0. The third kappa shape index (κ3) is 3.47. The maximum atomic E-state index is 12.9. The number of hydrogen-bond donors (Lipinski definition) is 1. The molecule has 1 aromatic heterocycles. The van der Waals surface area contributed by atoms with E-state index in [0.29, 0.717) is 30.0 Å². The van der Waals surface area contributed by atoms with Crippen LogP contribution in [-0.4, -0.2) is 47.4 Å². The number of sulfonamides is 1. The molecule has 0 bridgehead atoms. The first kappa shape index (κ1) is 17.3. The summed E-state index contributed by atoms with van der Waals surface area (Å²) in [5, 5.41) is 9.01. The van der Waals surface area contributed by atoms with Crippen LogP contribution in [0.25, 0.3) is 0 Å². The second-order valence-corrected chi connectivity index (χ2v) is 7.57. The molecule has 0 spiro atoms. The van der Waals surface area contributed by atoms with Crippen LogP contribution in [0.2, 0.25) is 0 Å². The minimum Gasteiger partial charge on any atom is -0.496 e. The topological polar surface area (TPSA) is 110 Å². The van der Waals surface area contributed by atoms with Gasteiger partial charge in [0, 0.05) is 18.3 Å². The fraction of sp³-hybridized carbons (Fsp3) is 0.312. The van der Waals surface area contributed by atoms with Gasteiger partial charge in [-0.05, 0) is 30.2 Å². The van der Waals surface area contributed by atoms with Crippen LogP contribution in [0, 0.1) is 0 Å². The van der Waals surface area contributed by atoms with E-state index in [4.69, 9.17) is 9.84 Å². The highest BCUT2D eigenvalue weighted by Crippen LogP contribution is 2.27. The zero-order valence-corrected chi connectivity index (χ0v) is 14.4. The number of benzene rings is 1. The monoisotopic (exact) mass is 363 g/mol. The number of carboxylic acid groups (broad SMARTS) is 1. The van der Waals surface area contributed by atoms with Gasteiger partial charge in [0.15, 0.2) is 0 Å². The first-order valence-electron chi connectivity index (χ1n) is 7.58. The normalized spacial score (nSPS) is 14.8. The van der Waals surface area contributed by atoms with Gasteiger partial charge in [-0.25, -0.2) is 18.4 Å². The van der Waals surface area contributed by atoms with Crippen molar-refractivity contribution in [3.05, 3.63) is 47.5 Å². The molecule has 0 unspecified atom stereocenters. The van der Waals surface area contributed by atoms with Crippen molar-refractivity contribution in [2.24, 2.45) is 0 Å². The molecule has 1 aromatic carbocycles. The maximum absolute atomic E-state index is 12.9. The van der Waals surface area contributed by atoms with Crippen LogP contribution >= 0.6 is 0 Å². The van der Waals surface area contributed by atoms with E-state index in [2.05, 4.69) is 9.97 Å². The van der Waals surface area contributed by atoms with Gasteiger partial charge in [-0.1, -0.05) is 0 Å². The lowest BCUT2D eigenvalue weighted by molar-refractivity contribution is -0.136. The summed E-state index contributed by atoms with van der Waals surface area (Å²) < 4.78 is 32.3. The minimum absolute atomic E-state index is 0.0436. The van der Waals surface area contributed by atoms with Gasteiger partial charge in [-0.3, -0.25) is 4.79 Å². The van der Waals surface area contributed by atoms with E-state index in [1.165, 1.54) is 35.9 Å². The summed E-state index contributed by atoms with van der Waals surface area (Å²) in [5.74, 6) is -0.713. The Morgan fingerprint density at radius 3 is 2.92 bits per heavy atom. The zero-order chi connectivity index (χ0) is 18.0. The third-order valence-electron chi connectivity index (χ3n) is 4.07. The van der Waals surface area contributed by atoms with E-state index in [9.17, 15) is 13.2 Å². The van der Waals surface area contributed by atoms with Gasteiger partial charge in [0.2, 0.25) is 10.0 Å². The molecule has 0 amide bonds. The molecule has 2 heterocycles. The number of aromatic nitrogens is 2. The van der Waals surface area contributed by atoms with Crippen molar-refractivity contribution < 1.29 is 23.1 Å². The Bertz CT molecular complexity index is 914. The van der Waals surface area contributed by atoms with E-state index in [-0.39, 0.29) is 17.9 Å². The molecular weight excluding hydrogens is 346 g/mol. The molecule has 1 aliphatic rings. The van der Waals surface area contributed by atoms with Crippen molar-refractivity contribution in [1.29, 1.82) is 0 Å². The lowest BCUT2D eigenvalue weighted by atomic mass is 10.1. The smallest absolute Gasteiger partial charge is 0.307 e. The zero-order valence-electron chi connectivity index (χ0n) is 13.5. The lowest BCUT2D eigenvalue weighted by Crippen LogP contribution is -2.36. The van der Waals surface area contributed by atoms with Crippen LogP contribution in [0.1, 0.15) is 16.8 Å². The van der Waals surface area contributed by atoms with Crippen LogP contribution in [0.4, 0.5) is 0 Å². The molecule has 0 fully saturated rings. The van der Waals surface area contributed by atoms with Crippen LogP contribution in [0.15, 0.2) is 35.6 Å². The predicted octanol–water partition coefficient (Wildman–Crippen LogP) is 0.859. The van der Waals surface area contributed by atoms with Crippen molar-refractivity contribution >= 4 is 16.0 Å². The number of fused-ring (bicyclic) bond motifs is 1. The van der Waals surface area contributed by atoms with Gasteiger partial charge >= 0.3 is 5.97 Å². The summed E-state index contributed by atoms with van der Waals surface area (Å²) in [6, 6.07) is 4.26. The van der Waals surface area contributed by atoms with Gasteiger partial charge in [-0.15, -0.1) is 0 Å². The Morgan fingerprint density at radius 2 is 2.20 bits per heavy atom. The van der Waals surface area contributed by atoms with Crippen LogP contribution in [-0.2, 0) is 34.2 Å². The Kier molecular flexibility index (Phi) is 4.69. The summed E-state index contributed by atoms with van der Waals surface area (Å²) in [6.45, 7) is 0.490. The molecule has 25 heavy (non-hydrogen) atoms. The highest BCUT2D eigenvalue weighted by Gasteiger charge is 2.29. The van der Waals surface area contributed by atoms with Crippen molar-refractivity contribution in [3.8, 4) is 5.75 Å². The largest absolute Gasteiger partial charge is 0.496 e. The van der Waals surface area contributed by atoms with Crippen LogP contribution < -0.4 is 4.74 Å². The minimum atomic E-state index is -3.76. The molecule has 1 N–H and O–H groups in total. The SMILES string of the molecule is COc1ccc(S(=O)(=O)N2CCc3cncnc3C2)cc1CC(=O)O. The predicted molar refractivity (Wildman–Crippen MR) is 87.7 cm³/mol. The van der Waals surface area contributed by atoms with E-state index < -0.39 is 16.0 Å². The maximum Gasteiger partial charge on any atom is 0.307 e. The number of methoxy groups -OCH3 is 1. The summed E-state index contributed by atoms with van der Waals surface area (Å²) in [5.41, 5.74) is 1.94. The second-order valence-electron chi connectivity index (χ2n) is 5.63. The van der Waals surface area contributed by atoms with E-state index in [1.807, 2.05) is 0 Å². The number of aliphatic carboxylic acids is 1. The van der Waals surface area contributed by atoms with Crippen molar-refractivity contribution in [2.45, 2.75) is 24.3 Å². The van der Waals surface area contributed by atoms with Gasteiger partial charge in [-0.2, -0.15) is 4.31 Å². The molecule has 1 aliphatic heterocycles. The van der Waals surface area contributed by atoms with Crippen molar-refractivity contribution in [2.75, 3.05) is 13.7 Å². The summed E-state index contributed by atoms with van der Waals surface area (Å²) in [4.78, 5) is 19.1. The highest BCUT2D eigenvalue weighted by atomic mass is 32.2. The first-order valence-corrected chi connectivity index (χ1v) is 9.02. The average molecular weight is 363 g/mol. The number of nitrogens with zero attached hydrogens (tertiary/aromatic N) is 3. The fourth-order valence-electron chi connectivity index (χ4n) is 2.80. The number of carboxylic acids is 1. The highest BCUT2D eigenvalue weighted by molar-refractivity contribution is 7.89. The molecule has 0 radical (unpaired) electrons. The number of rotatable bonds is 5. The van der Waals surface area contributed by atoms with E-state index in [1.54, 1.807) is 6.20 Å². The molecule has 0 saturated heterocycles. The summed E-state index contributed by atoms with van der Waals surface area (Å²) in [7, 11) is -2.35. The quantitative estimate of drug-likeness (QED) is 0.839. The number of carbonyl (C=O) groups is 1. The number of ether oxygens (including phenoxy) is 1. The Balaban J connectivity index is 1.94. The number of hydrogen-bond acceptors (Lipinski definition) is 6. The van der Waals surface area contributed by atoms with Gasteiger partial charge in [0.05, 0.1) is 30.7 Å². The lowest BCUT2D eigenvalue weighted by Gasteiger charge is -2.27. The van der Waals surface area contributed by atoms with Crippen LogP contribution in [0.5, 0.6) is 5.75 Å². The molecule has 2 aromatic rings. The van der Waals surface area contributed by atoms with Gasteiger partial charge in [0.1, 0.15) is 12.1 Å². The molecule has 8 nitrogen and oxygen atoms in total. The first-order chi connectivity index (χ1) is 11.9. The average Bonchev–Trinajstić information content (AvgIpc) is 2.60. The molecule has 0 atom stereocenters. The third-order valence-corrected chi connectivity index (χ3v) is 5.91. The van der Waals surface area contributed by atoms with Gasteiger partial charge < -0.3 is 9.84 Å². The fourth-order valence-corrected chi connectivity index (χ4v) is 4.25. The Morgan fingerprint density at radius 1 is 1.40 bits per heavy atom. The van der Waals surface area contributed by atoms with Crippen LogP contribution in [0.3, 0.4) is 0 Å². The van der Waals surface area contributed by atoms with E-state index >= 15 is 0 Å². The standard InChI is InChI=1S/C16H17N3O5S/c1-24-15-3-2-13(6-12(15)7-16(20)21)25(22,23)19-5-4-11-8-17-10-18-14(11)9-19/h2-3,6,8,10H,4-5,7,9H2,1H3,(H,20,21). The molecule has 9 heteroatoms. The second kappa shape index (κ2) is 6.77. The van der Waals surface area contributed by atoms with E-state index in [0.717, 1.165) is 5.56 Å². The van der Waals surface area contributed by atoms with Crippen molar-refractivity contribution in [1.82, 2.24) is 14.3 Å². The molecule has 132 valence electrons. The molecule has 0 saturated carbocycles. The van der Waals surface area contributed by atoms with Gasteiger partial charge in [0.25, 0.3) is 0 Å². The molecular formula is C16H17N3O5S. The summed E-state index contributed by atoms with van der Waals surface area (Å²) in [6.07, 6.45) is 3.31. The molecule has 3 rings (SSSR count).